The zero-order valence-electron chi connectivity index (χ0n) is 11.2. The van der Waals surface area contributed by atoms with Crippen LogP contribution in [0.3, 0.4) is 0 Å². The van der Waals surface area contributed by atoms with Crippen LogP contribution in [0.25, 0.3) is 0 Å². The topological polar surface area (TPSA) is 77.3 Å². The molecule has 1 saturated heterocycles. The Hall–Kier alpha value is -1.64. The minimum Gasteiger partial charge on any atom is -0.495 e. The van der Waals surface area contributed by atoms with Crippen molar-refractivity contribution in [3.63, 3.8) is 0 Å². The van der Waals surface area contributed by atoms with Gasteiger partial charge < -0.3 is 4.74 Å². The number of aromatic nitrogens is 3. The van der Waals surface area contributed by atoms with Crippen LogP contribution in [0, 0.1) is 0 Å². The van der Waals surface area contributed by atoms with E-state index in [1.807, 2.05) is 0 Å². The maximum atomic E-state index is 12.6. The van der Waals surface area contributed by atoms with Gasteiger partial charge in [0, 0.05) is 24.3 Å². The standard InChI is InChI=1S/C12H13ClN4O3S/c1-20-11-3-2-9(13)6-12(11)21(18,19)16-7-10(8-16)17-5-4-14-15-17/h2-6,10H,7-8H2,1H3. The van der Waals surface area contributed by atoms with Gasteiger partial charge in [-0.1, -0.05) is 16.8 Å². The summed E-state index contributed by atoms with van der Waals surface area (Å²) >= 11 is 5.89. The van der Waals surface area contributed by atoms with Gasteiger partial charge in [0.15, 0.2) is 0 Å². The van der Waals surface area contributed by atoms with E-state index in [-0.39, 0.29) is 16.7 Å². The number of halogens is 1. The van der Waals surface area contributed by atoms with Gasteiger partial charge in [-0.3, -0.25) is 0 Å². The number of benzene rings is 1. The fourth-order valence-electron chi connectivity index (χ4n) is 2.18. The molecular formula is C12H13ClN4O3S. The molecule has 2 aromatic rings. The van der Waals surface area contributed by atoms with Crippen molar-refractivity contribution in [2.24, 2.45) is 0 Å². The van der Waals surface area contributed by atoms with Crippen LogP contribution < -0.4 is 4.74 Å². The lowest BCUT2D eigenvalue weighted by Crippen LogP contribution is -2.50. The van der Waals surface area contributed by atoms with E-state index in [0.29, 0.717) is 18.1 Å². The summed E-state index contributed by atoms with van der Waals surface area (Å²) in [7, 11) is -2.20. The van der Waals surface area contributed by atoms with E-state index in [4.69, 9.17) is 16.3 Å². The van der Waals surface area contributed by atoms with E-state index in [1.165, 1.54) is 17.5 Å². The van der Waals surface area contributed by atoms with Crippen molar-refractivity contribution < 1.29 is 13.2 Å². The fourth-order valence-corrected chi connectivity index (χ4v) is 4.12. The highest BCUT2D eigenvalue weighted by atomic mass is 35.5. The number of nitrogens with zero attached hydrogens (tertiary/aromatic N) is 4. The molecule has 112 valence electrons. The third kappa shape index (κ3) is 2.50. The molecule has 0 aliphatic carbocycles. The molecule has 1 aromatic heterocycles. The van der Waals surface area contributed by atoms with E-state index in [9.17, 15) is 8.42 Å². The molecule has 0 unspecified atom stereocenters. The number of sulfonamides is 1. The van der Waals surface area contributed by atoms with Crippen LogP contribution in [0.1, 0.15) is 6.04 Å². The SMILES string of the molecule is COc1ccc(Cl)cc1S(=O)(=O)N1CC(n2ccnn2)C1. The summed E-state index contributed by atoms with van der Waals surface area (Å²) in [5.41, 5.74) is 0. The normalized spacial score (nSPS) is 16.7. The molecule has 0 amide bonds. The van der Waals surface area contributed by atoms with Crippen LogP contribution in [-0.4, -0.2) is 47.9 Å². The zero-order chi connectivity index (χ0) is 15.0. The van der Waals surface area contributed by atoms with Crippen LogP contribution in [0.4, 0.5) is 0 Å². The summed E-state index contributed by atoms with van der Waals surface area (Å²) in [4.78, 5) is 0.0783. The predicted molar refractivity (Wildman–Crippen MR) is 75.8 cm³/mol. The Morgan fingerprint density at radius 1 is 1.38 bits per heavy atom. The van der Waals surface area contributed by atoms with Crippen molar-refractivity contribution in [3.05, 3.63) is 35.6 Å². The number of hydrogen-bond donors (Lipinski definition) is 0. The molecule has 0 spiro atoms. The number of ether oxygens (including phenoxy) is 1. The van der Waals surface area contributed by atoms with Gasteiger partial charge in [0.1, 0.15) is 10.6 Å². The molecule has 0 bridgehead atoms. The summed E-state index contributed by atoms with van der Waals surface area (Å²) in [6.45, 7) is 0.697. The van der Waals surface area contributed by atoms with Gasteiger partial charge in [-0.05, 0) is 18.2 Å². The third-order valence-electron chi connectivity index (χ3n) is 3.39. The Morgan fingerprint density at radius 2 is 2.14 bits per heavy atom. The van der Waals surface area contributed by atoms with Crippen molar-refractivity contribution in [2.45, 2.75) is 10.9 Å². The van der Waals surface area contributed by atoms with Gasteiger partial charge >= 0.3 is 0 Å². The van der Waals surface area contributed by atoms with Gasteiger partial charge in [-0.15, -0.1) is 5.10 Å². The van der Waals surface area contributed by atoms with Gasteiger partial charge in [-0.2, -0.15) is 4.31 Å². The number of hydrogen-bond acceptors (Lipinski definition) is 5. The molecule has 0 atom stereocenters. The summed E-state index contributed by atoms with van der Waals surface area (Å²) < 4.78 is 33.3. The quantitative estimate of drug-likeness (QED) is 0.842. The molecule has 7 nitrogen and oxygen atoms in total. The number of methoxy groups -OCH3 is 1. The highest BCUT2D eigenvalue weighted by molar-refractivity contribution is 7.89. The van der Waals surface area contributed by atoms with Gasteiger partial charge in [0.25, 0.3) is 0 Å². The molecule has 9 heteroatoms. The summed E-state index contributed by atoms with van der Waals surface area (Å²) in [5, 5.41) is 7.94. The van der Waals surface area contributed by atoms with E-state index in [1.54, 1.807) is 29.2 Å². The van der Waals surface area contributed by atoms with Gasteiger partial charge in [0.2, 0.25) is 10.0 Å². The van der Waals surface area contributed by atoms with Crippen molar-refractivity contribution in [3.8, 4) is 5.75 Å². The van der Waals surface area contributed by atoms with Crippen LogP contribution in [0.2, 0.25) is 5.02 Å². The van der Waals surface area contributed by atoms with E-state index in [0.717, 1.165) is 0 Å². The van der Waals surface area contributed by atoms with Crippen molar-refractivity contribution >= 4 is 21.6 Å². The van der Waals surface area contributed by atoms with Gasteiger partial charge in [0.05, 0.1) is 19.3 Å². The number of rotatable bonds is 4. The predicted octanol–water partition coefficient (Wildman–Crippen LogP) is 1.19. The first-order chi connectivity index (χ1) is 10.0. The fraction of sp³-hybridized carbons (Fsp3) is 0.333. The second-order valence-corrected chi connectivity index (χ2v) is 7.00. The lowest BCUT2D eigenvalue weighted by atomic mass is 10.2. The van der Waals surface area contributed by atoms with Gasteiger partial charge in [-0.25, -0.2) is 13.1 Å². The Kier molecular flexibility index (Phi) is 3.60. The first-order valence-corrected chi connectivity index (χ1v) is 8.03. The molecule has 1 fully saturated rings. The Bertz CT molecular complexity index is 742. The van der Waals surface area contributed by atoms with Crippen molar-refractivity contribution in [1.29, 1.82) is 0 Å². The van der Waals surface area contributed by atoms with E-state index < -0.39 is 10.0 Å². The molecule has 3 rings (SSSR count). The molecule has 1 aliphatic heterocycles. The first-order valence-electron chi connectivity index (χ1n) is 6.22. The molecule has 0 N–H and O–H groups in total. The summed E-state index contributed by atoms with van der Waals surface area (Å²) in [6, 6.07) is 4.54. The maximum Gasteiger partial charge on any atom is 0.246 e. The lowest BCUT2D eigenvalue weighted by molar-refractivity contribution is 0.188. The Balaban J connectivity index is 1.84. The van der Waals surface area contributed by atoms with E-state index in [2.05, 4.69) is 10.3 Å². The molecular weight excluding hydrogens is 316 g/mol. The average Bonchev–Trinajstić information content (AvgIpc) is 2.90. The highest BCUT2D eigenvalue weighted by Crippen LogP contribution is 2.33. The maximum absolute atomic E-state index is 12.6. The Labute approximate surface area is 127 Å². The smallest absolute Gasteiger partial charge is 0.246 e. The average molecular weight is 329 g/mol. The summed E-state index contributed by atoms with van der Waals surface area (Å²) in [6.07, 6.45) is 3.28. The molecule has 2 heterocycles. The molecule has 1 aliphatic rings. The van der Waals surface area contributed by atoms with Crippen molar-refractivity contribution in [2.75, 3.05) is 20.2 Å². The van der Waals surface area contributed by atoms with Crippen LogP contribution in [-0.2, 0) is 10.0 Å². The highest BCUT2D eigenvalue weighted by Gasteiger charge is 2.39. The second-order valence-electron chi connectivity index (χ2n) is 4.65. The minimum absolute atomic E-state index is 0.00690. The summed E-state index contributed by atoms with van der Waals surface area (Å²) in [5.74, 6) is 0.281. The largest absolute Gasteiger partial charge is 0.495 e. The molecule has 21 heavy (non-hydrogen) atoms. The first kappa shape index (κ1) is 14.3. The monoisotopic (exact) mass is 328 g/mol. The molecule has 0 saturated carbocycles. The van der Waals surface area contributed by atoms with Crippen molar-refractivity contribution in [1.82, 2.24) is 19.3 Å². The van der Waals surface area contributed by atoms with Crippen LogP contribution in [0.5, 0.6) is 5.75 Å². The Morgan fingerprint density at radius 3 is 2.76 bits per heavy atom. The lowest BCUT2D eigenvalue weighted by Gasteiger charge is -2.37. The van der Waals surface area contributed by atoms with E-state index >= 15 is 0 Å². The molecule has 1 aromatic carbocycles. The minimum atomic E-state index is -3.63. The second kappa shape index (κ2) is 5.28. The third-order valence-corrected chi connectivity index (χ3v) is 5.48. The van der Waals surface area contributed by atoms with Crippen LogP contribution >= 0.6 is 11.6 Å². The molecule has 0 radical (unpaired) electrons. The van der Waals surface area contributed by atoms with Crippen LogP contribution in [0.15, 0.2) is 35.5 Å². The zero-order valence-corrected chi connectivity index (χ0v) is 12.8.